The molecule has 7 nitrogen and oxygen atoms in total. The van der Waals surface area contributed by atoms with Gasteiger partial charge in [-0.3, -0.25) is 9.59 Å². The first-order valence-electron chi connectivity index (χ1n) is 9.49. The van der Waals surface area contributed by atoms with Crippen LogP contribution in [0.1, 0.15) is 54.4 Å². The van der Waals surface area contributed by atoms with Crippen LogP contribution in [0, 0.1) is 0 Å². The van der Waals surface area contributed by atoms with E-state index >= 15 is 0 Å². The standard InChI is InChI=1S/C18H39N5O2/c1-13(2)19-9-11-21-17(24)8-7-16(23-15(5)6)18(25)22-12-10-20-14(3)4/h13-16,19-20,23H,7-12H2,1-6H3,(H,21,24)(H,22,25). The largest absolute Gasteiger partial charge is 0.355 e. The van der Waals surface area contributed by atoms with Crippen LogP contribution in [0.15, 0.2) is 0 Å². The monoisotopic (exact) mass is 357 g/mol. The van der Waals surface area contributed by atoms with E-state index in [1.165, 1.54) is 0 Å². The molecule has 7 heteroatoms. The number of carbonyl (C=O) groups is 2. The zero-order chi connectivity index (χ0) is 19.2. The highest BCUT2D eigenvalue weighted by Gasteiger charge is 2.19. The van der Waals surface area contributed by atoms with Crippen molar-refractivity contribution in [2.75, 3.05) is 26.2 Å². The molecule has 0 rings (SSSR count). The van der Waals surface area contributed by atoms with E-state index in [0.29, 0.717) is 38.0 Å². The average Bonchev–Trinajstić information content (AvgIpc) is 2.51. The molecule has 0 aliphatic carbocycles. The van der Waals surface area contributed by atoms with Crippen LogP contribution < -0.4 is 26.6 Å². The molecular formula is C18H39N5O2. The van der Waals surface area contributed by atoms with Crippen molar-refractivity contribution < 1.29 is 9.59 Å². The third-order valence-corrected chi connectivity index (χ3v) is 3.49. The Morgan fingerprint density at radius 2 is 1.24 bits per heavy atom. The second kappa shape index (κ2) is 14.0. The zero-order valence-electron chi connectivity index (χ0n) is 16.9. The van der Waals surface area contributed by atoms with Crippen LogP contribution in [-0.2, 0) is 9.59 Å². The van der Waals surface area contributed by atoms with Gasteiger partial charge in [-0.15, -0.1) is 0 Å². The molecule has 0 aliphatic heterocycles. The first kappa shape index (κ1) is 23.8. The zero-order valence-corrected chi connectivity index (χ0v) is 16.9. The molecule has 0 saturated heterocycles. The lowest BCUT2D eigenvalue weighted by Gasteiger charge is -2.21. The van der Waals surface area contributed by atoms with Crippen molar-refractivity contribution in [2.24, 2.45) is 0 Å². The number of nitrogens with one attached hydrogen (secondary N) is 5. The average molecular weight is 358 g/mol. The molecule has 1 atom stereocenters. The minimum atomic E-state index is -0.349. The third kappa shape index (κ3) is 14.8. The van der Waals surface area contributed by atoms with Crippen molar-refractivity contribution in [3.63, 3.8) is 0 Å². The quantitative estimate of drug-likeness (QED) is 0.290. The molecule has 0 aromatic rings. The molecule has 0 aliphatic rings. The first-order chi connectivity index (χ1) is 11.7. The molecule has 0 spiro atoms. The second-order valence-corrected chi connectivity index (χ2v) is 7.27. The Bertz CT molecular complexity index is 372. The van der Waals surface area contributed by atoms with Gasteiger partial charge in [0, 0.05) is 50.7 Å². The van der Waals surface area contributed by atoms with Crippen molar-refractivity contribution in [1.82, 2.24) is 26.6 Å². The van der Waals surface area contributed by atoms with Crippen molar-refractivity contribution in [1.29, 1.82) is 0 Å². The Balaban J connectivity index is 4.15. The number of rotatable bonds is 14. The van der Waals surface area contributed by atoms with Crippen LogP contribution in [-0.4, -0.2) is 62.2 Å². The first-order valence-corrected chi connectivity index (χ1v) is 9.49. The summed E-state index contributed by atoms with van der Waals surface area (Å²) in [6.45, 7) is 14.9. The molecule has 148 valence electrons. The van der Waals surface area contributed by atoms with Crippen molar-refractivity contribution >= 4 is 11.8 Å². The highest BCUT2D eigenvalue weighted by Crippen LogP contribution is 2.00. The van der Waals surface area contributed by atoms with E-state index < -0.39 is 0 Å². The van der Waals surface area contributed by atoms with Crippen molar-refractivity contribution in [2.45, 2.75) is 78.6 Å². The Labute approximate surface area is 153 Å². The molecule has 0 heterocycles. The van der Waals surface area contributed by atoms with E-state index in [1.807, 2.05) is 13.8 Å². The van der Waals surface area contributed by atoms with Gasteiger partial charge in [-0.05, 0) is 6.42 Å². The van der Waals surface area contributed by atoms with E-state index in [2.05, 4.69) is 54.3 Å². The minimum Gasteiger partial charge on any atom is -0.355 e. The molecule has 0 aromatic carbocycles. The fourth-order valence-corrected chi connectivity index (χ4v) is 2.29. The van der Waals surface area contributed by atoms with Gasteiger partial charge in [0.25, 0.3) is 0 Å². The lowest BCUT2D eigenvalue weighted by molar-refractivity contribution is -0.124. The van der Waals surface area contributed by atoms with Gasteiger partial charge in [-0.2, -0.15) is 0 Å². The summed E-state index contributed by atoms with van der Waals surface area (Å²) in [7, 11) is 0. The normalized spacial score (nSPS) is 12.7. The number of carbonyl (C=O) groups excluding carboxylic acids is 2. The molecule has 0 saturated carbocycles. The summed E-state index contributed by atoms with van der Waals surface area (Å²) >= 11 is 0. The SMILES string of the molecule is CC(C)NCCNC(=O)CCC(NC(C)C)C(=O)NCCNC(C)C. The van der Waals surface area contributed by atoms with Crippen molar-refractivity contribution in [3.05, 3.63) is 0 Å². The summed E-state index contributed by atoms with van der Waals surface area (Å²) in [5, 5.41) is 15.6. The summed E-state index contributed by atoms with van der Waals surface area (Å²) in [4.78, 5) is 24.3. The fourth-order valence-electron chi connectivity index (χ4n) is 2.29. The molecule has 25 heavy (non-hydrogen) atoms. The Morgan fingerprint density at radius 3 is 1.72 bits per heavy atom. The number of amides is 2. The van der Waals surface area contributed by atoms with E-state index in [1.54, 1.807) is 0 Å². The van der Waals surface area contributed by atoms with Gasteiger partial charge in [-0.25, -0.2) is 0 Å². The highest BCUT2D eigenvalue weighted by molar-refractivity contribution is 5.83. The Hall–Kier alpha value is -1.18. The molecular weight excluding hydrogens is 318 g/mol. The summed E-state index contributed by atoms with van der Waals surface area (Å²) in [6.07, 6.45) is 0.828. The summed E-state index contributed by atoms with van der Waals surface area (Å²) in [6, 6.07) is 0.641. The second-order valence-electron chi connectivity index (χ2n) is 7.27. The van der Waals surface area contributed by atoms with Crippen LogP contribution in [0.3, 0.4) is 0 Å². The Kier molecular flexibility index (Phi) is 13.4. The molecule has 0 fully saturated rings. The van der Waals surface area contributed by atoms with Crippen LogP contribution in [0.2, 0.25) is 0 Å². The maximum absolute atomic E-state index is 12.3. The molecule has 2 amide bonds. The van der Waals surface area contributed by atoms with E-state index in [9.17, 15) is 9.59 Å². The summed E-state index contributed by atoms with van der Waals surface area (Å²) < 4.78 is 0. The molecule has 5 N–H and O–H groups in total. The van der Waals surface area contributed by atoms with E-state index in [-0.39, 0.29) is 23.9 Å². The molecule has 0 bridgehead atoms. The highest BCUT2D eigenvalue weighted by atomic mass is 16.2. The molecule has 0 radical (unpaired) electrons. The van der Waals surface area contributed by atoms with Gasteiger partial charge in [-0.1, -0.05) is 41.5 Å². The summed E-state index contributed by atoms with van der Waals surface area (Å²) in [5.74, 6) is -0.0658. The topological polar surface area (TPSA) is 94.3 Å². The maximum Gasteiger partial charge on any atom is 0.237 e. The third-order valence-electron chi connectivity index (χ3n) is 3.49. The fraction of sp³-hybridized carbons (Fsp3) is 0.889. The lowest BCUT2D eigenvalue weighted by Crippen LogP contribution is -2.48. The molecule has 0 aromatic heterocycles. The van der Waals surface area contributed by atoms with E-state index in [4.69, 9.17) is 0 Å². The predicted octanol–water partition coefficient (Wildman–Crippen LogP) is 0.362. The number of hydrogen-bond donors (Lipinski definition) is 5. The van der Waals surface area contributed by atoms with Crippen molar-refractivity contribution in [3.8, 4) is 0 Å². The summed E-state index contributed by atoms with van der Waals surface area (Å²) in [5.41, 5.74) is 0. The lowest BCUT2D eigenvalue weighted by atomic mass is 10.1. The van der Waals surface area contributed by atoms with Gasteiger partial charge in [0.05, 0.1) is 6.04 Å². The van der Waals surface area contributed by atoms with Gasteiger partial charge in [0.2, 0.25) is 11.8 Å². The van der Waals surface area contributed by atoms with Crippen LogP contribution in [0.4, 0.5) is 0 Å². The van der Waals surface area contributed by atoms with Crippen LogP contribution >= 0.6 is 0 Å². The smallest absolute Gasteiger partial charge is 0.237 e. The van der Waals surface area contributed by atoms with Gasteiger partial charge >= 0.3 is 0 Å². The Morgan fingerprint density at radius 1 is 0.720 bits per heavy atom. The maximum atomic E-state index is 12.3. The molecule has 1 unspecified atom stereocenters. The predicted molar refractivity (Wildman–Crippen MR) is 104 cm³/mol. The van der Waals surface area contributed by atoms with E-state index in [0.717, 1.165) is 13.1 Å². The van der Waals surface area contributed by atoms with Gasteiger partial charge in [0.1, 0.15) is 0 Å². The number of hydrogen-bond acceptors (Lipinski definition) is 5. The van der Waals surface area contributed by atoms with Gasteiger partial charge in [0.15, 0.2) is 0 Å². The minimum absolute atomic E-state index is 0.0182. The van der Waals surface area contributed by atoms with Crippen LogP contribution in [0.5, 0.6) is 0 Å². The van der Waals surface area contributed by atoms with Gasteiger partial charge < -0.3 is 26.6 Å². The van der Waals surface area contributed by atoms with Crippen LogP contribution in [0.25, 0.3) is 0 Å².